The van der Waals surface area contributed by atoms with Crippen molar-refractivity contribution in [3.63, 3.8) is 0 Å². The molecule has 3 aromatic rings. The van der Waals surface area contributed by atoms with Crippen molar-refractivity contribution >= 4 is 38.3 Å². The summed E-state index contributed by atoms with van der Waals surface area (Å²) in [6, 6.07) is 9.99. The van der Waals surface area contributed by atoms with E-state index in [4.69, 9.17) is 0 Å². The van der Waals surface area contributed by atoms with Crippen molar-refractivity contribution in [1.82, 2.24) is 4.98 Å². The van der Waals surface area contributed by atoms with Gasteiger partial charge in [0.1, 0.15) is 5.82 Å². The van der Waals surface area contributed by atoms with Gasteiger partial charge in [-0.3, -0.25) is 14.9 Å². The molecule has 0 bridgehead atoms. The first-order valence-electron chi connectivity index (χ1n) is 6.60. The van der Waals surface area contributed by atoms with E-state index in [0.717, 1.165) is 11.3 Å². The number of nitro groups is 1. The number of aromatic nitrogens is 1. The van der Waals surface area contributed by atoms with Gasteiger partial charge >= 0.3 is 0 Å². The lowest BCUT2D eigenvalue weighted by Gasteiger charge is -2.01. The quantitative estimate of drug-likeness (QED) is 0.585. The van der Waals surface area contributed by atoms with Crippen LogP contribution in [0.25, 0.3) is 10.2 Å². The van der Waals surface area contributed by atoms with Crippen LogP contribution >= 0.6 is 11.3 Å². The summed E-state index contributed by atoms with van der Waals surface area (Å²) in [5, 5.41) is 13.8. The Kier molecular flexibility index (Phi) is 3.98. The van der Waals surface area contributed by atoms with Crippen molar-refractivity contribution in [2.45, 2.75) is 6.42 Å². The molecule has 0 radical (unpaired) electrons. The predicted octanol–water partition coefficient (Wildman–Crippen LogP) is 3.52. The summed E-state index contributed by atoms with van der Waals surface area (Å²) in [4.78, 5) is 26.5. The molecule has 0 saturated carbocycles. The average molecular weight is 331 g/mol. The maximum Gasteiger partial charge on any atom is 0.270 e. The van der Waals surface area contributed by atoms with Gasteiger partial charge in [0.25, 0.3) is 5.69 Å². The van der Waals surface area contributed by atoms with Crippen molar-refractivity contribution in [3.05, 3.63) is 64.0 Å². The highest BCUT2D eigenvalue weighted by Crippen LogP contribution is 2.29. The summed E-state index contributed by atoms with van der Waals surface area (Å²) >= 11 is 1.16. The van der Waals surface area contributed by atoms with E-state index in [0.29, 0.717) is 20.9 Å². The fraction of sp³-hybridized carbons (Fsp3) is 0.0667. The minimum atomic E-state index is -0.480. The van der Waals surface area contributed by atoms with E-state index in [1.165, 1.54) is 36.4 Å². The molecular weight excluding hydrogens is 321 g/mol. The molecule has 0 unspecified atom stereocenters. The third-order valence-electron chi connectivity index (χ3n) is 3.11. The maximum atomic E-state index is 12.8. The van der Waals surface area contributed by atoms with Crippen LogP contribution in [-0.4, -0.2) is 15.8 Å². The van der Waals surface area contributed by atoms with Gasteiger partial charge in [0.05, 0.1) is 21.6 Å². The zero-order valence-corrected chi connectivity index (χ0v) is 12.5. The number of hydrogen-bond acceptors (Lipinski definition) is 5. The Labute approximate surface area is 133 Å². The van der Waals surface area contributed by atoms with Gasteiger partial charge in [-0.15, -0.1) is 0 Å². The third kappa shape index (κ3) is 3.49. The number of carbonyl (C=O) groups is 1. The van der Waals surface area contributed by atoms with E-state index in [1.807, 2.05) is 0 Å². The monoisotopic (exact) mass is 331 g/mol. The average Bonchev–Trinajstić information content (AvgIpc) is 2.90. The predicted molar refractivity (Wildman–Crippen MR) is 85.0 cm³/mol. The van der Waals surface area contributed by atoms with E-state index >= 15 is 0 Å². The molecule has 0 atom stereocenters. The molecule has 1 heterocycles. The third-order valence-corrected chi connectivity index (χ3v) is 4.04. The molecule has 0 spiro atoms. The van der Waals surface area contributed by atoms with Crippen LogP contribution in [0.1, 0.15) is 5.56 Å². The molecule has 1 aromatic heterocycles. The first kappa shape index (κ1) is 15.0. The molecule has 23 heavy (non-hydrogen) atoms. The minimum Gasteiger partial charge on any atom is -0.302 e. The summed E-state index contributed by atoms with van der Waals surface area (Å²) < 4.78 is 13.4. The molecule has 8 heteroatoms. The Morgan fingerprint density at radius 3 is 2.70 bits per heavy atom. The fourth-order valence-corrected chi connectivity index (χ4v) is 2.95. The Bertz CT molecular complexity index is 893. The second-order valence-electron chi connectivity index (χ2n) is 4.78. The molecule has 0 saturated heterocycles. The second kappa shape index (κ2) is 6.09. The molecule has 0 aliphatic carbocycles. The number of halogens is 1. The minimum absolute atomic E-state index is 0.0228. The number of thiazole rings is 1. The lowest BCUT2D eigenvalue weighted by atomic mass is 10.1. The van der Waals surface area contributed by atoms with Gasteiger partial charge in [-0.05, 0) is 23.8 Å². The molecule has 0 aliphatic rings. The first-order chi connectivity index (χ1) is 11.0. The number of nitrogens with zero attached hydrogens (tertiary/aromatic N) is 2. The van der Waals surface area contributed by atoms with Crippen molar-refractivity contribution in [1.29, 1.82) is 0 Å². The van der Waals surface area contributed by atoms with E-state index in [-0.39, 0.29) is 23.8 Å². The van der Waals surface area contributed by atoms with Crippen LogP contribution in [0.15, 0.2) is 42.5 Å². The summed E-state index contributed by atoms with van der Waals surface area (Å²) in [6.07, 6.45) is 0.0936. The summed E-state index contributed by atoms with van der Waals surface area (Å²) in [5.41, 5.74) is 1.24. The number of anilines is 1. The fourth-order valence-electron chi connectivity index (χ4n) is 2.03. The number of carbonyl (C=O) groups excluding carboxylic acids is 1. The standard InChI is InChI=1S/C15H10FN3O3S/c16-10-3-1-9(2-4-10)7-14(20)18-15-17-12-6-5-11(19(21)22)8-13(12)23-15/h1-6,8H,7H2,(H,17,18,20). The molecule has 3 rings (SSSR count). The van der Waals surface area contributed by atoms with Crippen LogP contribution in [0.4, 0.5) is 15.2 Å². The van der Waals surface area contributed by atoms with Gasteiger partial charge in [-0.2, -0.15) is 0 Å². The second-order valence-corrected chi connectivity index (χ2v) is 5.81. The van der Waals surface area contributed by atoms with E-state index in [1.54, 1.807) is 6.07 Å². The molecule has 6 nitrogen and oxygen atoms in total. The number of nitrogens with one attached hydrogen (secondary N) is 1. The number of non-ortho nitro benzene ring substituents is 1. The van der Waals surface area contributed by atoms with Crippen LogP contribution in [0, 0.1) is 15.9 Å². The number of hydrogen-bond donors (Lipinski definition) is 1. The van der Waals surface area contributed by atoms with Gasteiger partial charge < -0.3 is 5.32 Å². The van der Waals surface area contributed by atoms with Gasteiger partial charge in [0.15, 0.2) is 5.13 Å². The highest BCUT2D eigenvalue weighted by Gasteiger charge is 2.12. The van der Waals surface area contributed by atoms with Crippen LogP contribution in [0.5, 0.6) is 0 Å². The Morgan fingerprint density at radius 2 is 2.00 bits per heavy atom. The highest BCUT2D eigenvalue weighted by molar-refractivity contribution is 7.22. The molecular formula is C15H10FN3O3S. The first-order valence-corrected chi connectivity index (χ1v) is 7.42. The number of benzene rings is 2. The molecule has 116 valence electrons. The molecule has 2 aromatic carbocycles. The SMILES string of the molecule is O=C(Cc1ccc(F)cc1)Nc1nc2ccc([N+](=O)[O-])cc2s1. The van der Waals surface area contributed by atoms with Crippen LogP contribution in [0.3, 0.4) is 0 Å². The number of rotatable bonds is 4. The largest absolute Gasteiger partial charge is 0.302 e. The number of amides is 1. The lowest BCUT2D eigenvalue weighted by molar-refractivity contribution is -0.384. The van der Waals surface area contributed by atoms with Crippen molar-refractivity contribution in [2.24, 2.45) is 0 Å². The van der Waals surface area contributed by atoms with E-state index < -0.39 is 4.92 Å². The van der Waals surface area contributed by atoms with Crippen LogP contribution in [-0.2, 0) is 11.2 Å². The lowest BCUT2D eigenvalue weighted by Crippen LogP contribution is -2.14. The van der Waals surface area contributed by atoms with Gasteiger partial charge in [0, 0.05) is 12.1 Å². The zero-order valence-electron chi connectivity index (χ0n) is 11.7. The summed E-state index contributed by atoms with van der Waals surface area (Å²) in [5.74, 6) is -0.646. The smallest absolute Gasteiger partial charge is 0.270 e. The Balaban J connectivity index is 1.74. The van der Waals surface area contributed by atoms with Gasteiger partial charge in [-0.25, -0.2) is 9.37 Å². The molecule has 0 fully saturated rings. The maximum absolute atomic E-state index is 12.8. The van der Waals surface area contributed by atoms with Crippen molar-refractivity contribution < 1.29 is 14.1 Å². The molecule has 1 amide bonds. The molecule has 0 aliphatic heterocycles. The normalized spacial score (nSPS) is 10.7. The topological polar surface area (TPSA) is 85.1 Å². The van der Waals surface area contributed by atoms with Crippen LogP contribution in [0.2, 0.25) is 0 Å². The highest BCUT2D eigenvalue weighted by atomic mass is 32.1. The Morgan fingerprint density at radius 1 is 1.26 bits per heavy atom. The van der Waals surface area contributed by atoms with E-state index in [2.05, 4.69) is 10.3 Å². The van der Waals surface area contributed by atoms with Crippen LogP contribution < -0.4 is 5.32 Å². The number of fused-ring (bicyclic) bond motifs is 1. The summed E-state index contributed by atoms with van der Waals surface area (Å²) in [6.45, 7) is 0. The Hall–Kier alpha value is -2.87. The van der Waals surface area contributed by atoms with Crippen molar-refractivity contribution in [3.8, 4) is 0 Å². The zero-order chi connectivity index (χ0) is 16.4. The summed E-state index contributed by atoms with van der Waals surface area (Å²) in [7, 11) is 0. The van der Waals surface area contributed by atoms with Crippen molar-refractivity contribution in [2.75, 3.05) is 5.32 Å². The molecule has 1 N–H and O–H groups in total. The van der Waals surface area contributed by atoms with Gasteiger partial charge in [0.2, 0.25) is 5.91 Å². The van der Waals surface area contributed by atoms with Gasteiger partial charge in [-0.1, -0.05) is 23.5 Å². The van der Waals surface area contributed by atoms with E-state index in [9.17, 15) is 19.3 Å². The number of nitro benzene ring substituents is 1.